The Bertz CT molecular complexity index is 479. The second-order valence-corrected chi connectivity index (χ2v) is 2.71. The average Bonchev–Trinajstić information content (AvgIpc) is 2.31. The molecule has 2 aromatic rings. The molecule has 0 radical (unpaired) electrons. The van der Waals surface area contributed by atoms with Gasteiger partial charge in [0.25, 0.3) is 5.09 Å². The van der Waals surface area contributed by atoms with E-state index in [0.29, 0.717) is 0 Å². The van der Waals surface area contributed by atoms with Crippen molar-refractivity contribution >= 4 is 0 Å². The average molecular weight is 253 g/mol. The fourth-order valence-corrected chi connectivity index (χ4v) is 0.743. The van der Waals surface area contributed by atoms with Gasteiger partial charge in [-0.15, -0.1) is 10.1 Å². The van der Waals surface area contributed by atoms with Crippen molar-refractivity contribution in [2.24, 2.45) is 0 Å². The minimum atomic E-state index is -1.50. The molecule has 0 unspecified atom stereocenters. The number of nitrogens with zero attached hydrogens (tertiary/aromatic N) is 1. The Morgan fingerprint density at radius 3 is 1.22 bits per heavy atom. The van der Waals surface area contributed by atoms with Crippen LogP contribution in [0, 0.1) is 10.1 Å². The molecule has 0 aliphatic rings. The van der Waals surface area contributed by atoms with Crippen LogP contribution in [0.4, 0.5) is 0 Å². The topological polar surface area (TPSA) is 129 Å². The van der Waals surface area contributed by atoms with Crippen LogP contribution in [0.2, 0.25) is 0 Å². The van der Waals surface area contributed by atoms with Gasteiger partial charge < -0.3 is 15.2 Å². The summed E-state index contributed by atoms with van der Waals surface area (Å²) in [7, 11) is 0. The summed E-state index contributed by atoms with van der Waals surface area (Å²) in [6.07, 6.45) is 6.40. The molecule has 2 rings (SSSR count). The van der Waals surface area contributed by atoms with Crippen LogP contribution >= 0.6 is 0 Å². The second-order valence-electron chi connectivity index (χ2n) is 2.71. The summed E-state index contributed by atoms with van der Waals surface area (Å²) in [5.74, 6) is 0. The quantitative estimate of drug-likeness (QED) is 0.462. The molecule has 0 amide bonds. The lowest BCUT2D eigenvalue weighted by molar-refractivity contribution is -0.742. The molecule has 96 valence electrons. The first-order valence-electron chi connectivity index (χ1n) is 4.62. The Morgan fingerprint density at radius 1 is 0.889 bits per heavy atom. The second kappa shape index (κ2) is 9.33. The summed E-state index contributed by atoms with van der Waals surface area (Å²) >= 11 is 0. The van der Waals surface area contributed by atoms with E-state index in [4.69, 9.17) is 15.3 Å². The molecule has 0 saturated heterocycles. The first kappa shape index (κ1) is 15.1. The summed E-state index contributed by atoms with van der Waals surface area (Å²) in [6.45, 7) is 0. The maximum Gasteiger partial charge on any atom is 0.291 e. The van der Waals surface area contributed by atoms with Gasteiger partial charge in [-0.05, 0) is 0 Å². The highest BCUT2D eigenvalue weighted by molar-refractivity contribution is 4.90. The first-order valence-corrected chi connectivity index (χ1v) is 4.62. The molecule has 0 aliphatic carbocycles. The minimum absolute atomic E-state index is 0.0405. The molecule has 0 aromatic carbocycles. The van der Waals surface area contributed by atoms with Gasteiger partial charge in [0.15, 0.2) is 10.9 Å². The highest BCUT2D eigenvalue weighted by atomic mass is 16.9. The predicted octanol–water partition coefficient (Wildman–Crippen LogP) is 0.402. The van der Waals surface area contributed by atoms with Gasteiger partial charge in [-0.2, -0.15) is 0 Å². The number of H-pyrrole nitrogens is 2. The van der Waals surface area contributed by atoms with Crippen molar-refractivity contribution in [3.05, 3.63) is 79.6 Å². The number of nitrogens with one attached hydrogen (secondary N) is 2. The van der Waals surface area contributed by atoms with Crippen LogP contribution in [0.15, 0.2) is 58.6 Å². The number of hydrogen-bond donors (Lipinski definition) is 3. The molecule has 2 aromatic heterocycles. The largest absolute Gasteiger partial charge is 0.367 e. The predicted molar refractivity (Wildman–Crippen MR) is 62.9 cm³/mol. The van der Waals surface area contributed by atoms with Crippen molar-refractivity contribution in [2.45, 2.75) is 0 Å². The zero-order valence-corrected chi connectivity index (χ0v) is 9.15. The Morgan fingerprint density at radius 2 is 1.11 bits per heavy atom. The van der Waals surface area contributed by atoms with Crippen LogP contribution in [0.1, 0.15) is 0 Å². The standard InChI is InChI=1S/2C5H5NO.HNO3/c2*7-5-1-3-6-4-2-5;2-1(3)4/h2*1-4H,(H,6,7);(H,2,3,4). The van der Waals surface area contributed by atoms with Crippen LogP contribution in [0.3, 0.4) is 0 Å². The van der Waals surface area contributed by atoms with E-state index in [2.05, 4.69) is 9.97 Å². The molecule has 0 atom stereocenters. The van der Waals surface area contributed by atoms with Crippen LogP contribution in [-0.2, 0) is 0 Å². The van der Waals surface area contributed by atoms with Crippen molar-refractivity contribution in [2.75, 3.05) is 0 Å². The highest BCUT2D eigenvalue weighted by Gasteiger charge is 1.71. The maximum atomic E-state index is 10.2. The molecule has 8 heteroatoms. The molecule has 0 bridgehead atoms. The minimum Gasteiger partial charge on any atom is -0.367 e. The lowest BCUT2D eigenvalue weighted by atomic mass is 10.5. The number of rotatable bonds is 0. The van der Waals surface area contributed by atoms with E-state index >= 15 is 0 Å². The van der Waals surface area contributed by atoms with Gasteiger partial charge in [0.1, 0.15) is 0 Å². The zero-order valence-electron chi connectivity index (χ0n) is 9.15. The Balaban J connectivity index is 0.000000253. The molecule has 0 aliphatic heterocycles. The highest BCUT2D eigenvalue weighted by Crippen LogP contribution is 1.64. The van der Waals surface area contributed by atoms with E-state index in [1.807, 2.05) is 0 Å². The van der Waals surface area contributed by atoms with Gasteiger partial charge in [-0.3, -0.25) is 9.59 Å². The van der Waals surface area contributed by atoms with Gasteiger partial charge in [-0.25, -0.2) is 0 Å². The SMILES string of the molecule is O=[N+]([O-])O.O=c1cc[nH]cc1.O=c1cc[nH]cc1. The number of pyridine rings is 2. The Kier molecular flexibility index (Phi) is 7.83. The number of hydrogen-bond acceptors (Lipinski definition) is 4. The van der Waals surface area contributed by atoms with Gasteiger partial charge >= 0.3 is 0 Å². The Hall–Kier alpha value is -2.90. The maximum absolute atomic E-state index is 10.2. The molecule has 0 saturated carbocycles. The van der Waals surface area contributed by atoms with E-state index in [1.165, 1.54) is 24.3 Å². The summed E-state index contributed by atoms with van der Waals surface area (Å²) in [4.78, 5) is 34.3. The van der Waals surface area contributed by atoms with Crippen LogP contribution in [0.5, 0.6) is 0 Å². The zero-order chi connectivity index (χ0) is 13.8. The fraction of sp³-hybridized carbons (Fsp3) is 0. The third-order valence-electron chi connectivity index (χ3n) is 1.38. The van der Waals surface area contributed by atoms with Crippen molar-refractivity contribution in [3.8, 4) is 0 Å². The number of aromatic nitrogens is 2. The monoisotopic (exact) mass is 253 g/mol. The van der Waals surface area contributed by atoms with E-state index < -0.39 is 5.09 Å². The van der Waals surface area contributed by atoms with E-state index in [1.54, 1.807) is 24.8 Å². The van der Waals surface area contributed by atoms with Gasteiger partial charge in [0.2, 0.25) is 0 Å². The van der Waals surface area contributed by atoms with Crippen LogP contribution in [-0.4, -0.2) is 20.3 Å². The molecule has 18 heavy (non-hydrogen) atoms. The van der Waals surface area contributed by atoms with Crippen LogP contribution in [0.25, 0.3) is 0 Å². The van der Waals surface area contributed by atoms with Crippen LogP contribution < -0.4 is 10.9 Å². The molecular weight excluding hydrogens is 242 g/mol. The summed E-state index contributed by atoms with van der Waals surface area (Å²) < 4.78 is 0. The van der Waals surface area contributed by atoms with Gasteiger partial charge in [0, 0.05) is 49.1 Å². The summed E-state index contributed by atoms with van der Waals surface area (Å²) in [6, 6.07) is 5.89. The number of aromatic amines is 2. The van der Waals surface area contributed by atoms with E-state index in [0.717, 1.165) is 0 Å². The third-order valence-corrected chi connectivity index (χ3v) is 1.38. The van der Waals surface area contributed by atoms with E-state index in [9.17, 15) is 9.59 Å². The third kappa shape index (κ3) is 11.2. The smallest absolute Gasteiger partial charge is 0.291 e. The van der Waals surface area contributed by atoms with Crippen molar-refractivity contribution in [3.63, 3.8) is 0 Å². The molecule has 2 heterocycles. The molecule has 0 spiro atoms. The van der Waals surface area contributed by atoms with Crippen molar-refractivity contribution in [1.82, 2.24) is 9.97 Å². The summed E-state index contributed by atoms with van der Waals surface area (Å²) in [5.41, 5.74) is 0.0810. The van der Waals surface area contributed by atoms with Crippen molar-refractivity contribution < 1.29 is 10.3 Å². The molecule has 0 fully saturated rings. The first-order chi connectivity index (χ1) is 8.52. The molecule has 3 N–H and O–H groups in total. The van der Waals surface area contributed by atoms with Gasteiger partial charge in [-0.1, -0.05) is 0 Å². The molecule has 8 nitrogen and oxygen atoms in total. The van der Waals surface area contributed by atoms with E-state index in [-0.39, 0.29) is 10.9 Å². The lowest BCUT2D eigenvalue weighted by Gasteiger charge is -1.73. The Labute approximate surface area is 101 Å². The lowest BCUT2D eigenvalue weighted by Crippen LogP contribution is -1.92. The van der Waals surface area contributed by atoms with Crippen molar-refractivity contribution in [1.29, 1.82) is 0 Å². The van der Waals surface area contributed by atoms with Gasteiger partial charge in [0.05, 0.1) is 0 Å². The summed E-state index contributed by atoms with van der Waals surface area (Å²) in [5, 5.41) is 13.6. The normalized spacial score (nSPS) is 8.00. The fourth-order valence-electron chi connectivity index (χ4n) is 0.743. The molecular formula is C10H11N3O5.